The van der Waals surface area contributed by atoms with Gasteiger partial charge in [0.15, 0.2) is 0 Å². The molecular formula is C24H20N2O2. The highest BCUT2D eigenvalue weighted by Crippen LogP contribution is 2.34. The van der Waals surface area contributed by atoms with Gasteiger partial charge in [0.25, 0.3) is 5.91 Å². The third-order valence-corrected chi connectivity index (χ3v) is 4.73. The number of carbonyl (C=O) groups is 1. The van der Waals surface area contributed by atoms with E-state index in [0.717, 1.165) is 32.6 Å². The van der Waals surface area contributed by atoms with Crippen molar-refractivity contribution in [2.75, 3.05) is 0 Å². The van der Waals surface area contributed by atoms with E-state index in [1.807, 2.05) is 49.4 Å². The van der Waals surface area contributed by atoms with Crippen LogP contribution in [-0.4, -0.2) is 16.0 Å². The Bertz CT molecular complexity index is 1290. The molecule has 138 valence electrons. The second-order valence-electron chi connectivity index (χ2n) is 6.61. The van der Waals surface area contributed by atoms with Gasteiger partial charge in [-0.05, 0) is 36.6 Å². The number of H-pyrrole nitrogens is 1. The summed E-state index contributed by atoms with van der Waals surface area (Å²) in [5.74, 6) is -0.465. The molecule has 3 aromatic carbocycles. The van der Waals surface area contributed by atoms with Gasteiger partial charge in [0, 0.05) is 27.4 Å². The van der Waals surface area contributed by atoms with E-state index in [4.69, 9.17) is 0 Å². The number of hydrogen-bond acceptors (Lipinski definition) is 2. The Morgan fingerprint density at radius 1 is 1.07 bits per heavy atom. The van der Waals surface area contributed by atoms with Gasteiger partial charge in [0.05, 0.1) is 11.1 Å². The number of para-hydroxylation sites is 1. The fourth-order valence-electron chi connectivity index (χ4n) is 3.40. The van der Waals surface area contributed by atoms with Crippen LogP contribution in [0.4, 0.5) is 0 Å². The molecular weight excluding hydrogens is 348 g/mol. The number of aromatic amines is 1. The molecule has 0 aliphatic heterocycles. The zero-order valence-electron chi connectivity index (χ0n) is 15.5. The molecule has 1 aromatic heterocycles. The summed E-state index contributed by atoms with van der Waals surface area (Å²) >= 11 is 0. The Balaban J connectivity index is 1.76. The molecule has 0 aliphatic carbocycles. The summed E-state index contributed by atoms with van der Waals surface area (Å²) in [5, 5.41) is 17.2. The first kappa shape index (κ1) is 17.6. The predicted molar refractivity (Wildman–Crippen MR) is 116 cm³/mol. The summed E-state index contributed by atoms with van der Waals surface area (Å²) in [4.78, 5) is 16.0. The van der Waals surface area contributed by atoms with Crippen molar-refractivity contribution in [1.29, 1.82) is 0 Å². The minimum Gasteiger partial charge on any atom is -0.507 e. The molecule has 4 heteroatoms. The second-order valence-corrected chi connectivity index (χ2v) is 6.61. The quantitative estimate of drug-likeness (QED) is 0.413. The number of phenolic OH excluding ortho intramolecular Hbond substituents is 1. The molecule has 0 spiro atoms. The number of amides is 1. The summed E-state index contributed by atoms with van der Waals surface area (Å²) in [7, 11) is 0. The molecule has 0 radical (unpaired) electrons. The number of phenols is 1. The molecule has 0 unspecified atom stereocenters. The first-order valence-corrected chi connectivity index (χ1v) is 9.04. The van der Waals surface area contributed by atoms with E-state index in [0.29, 0.717) is 5.70 Å². The van der Waals surface area contributed by atoms with Crippen molar-refractivity contribution in [3.63, 3.8) is 0 Å². The lowest BCUT2D eigenvalue weighted by Gasteiger charge is -2.09. The Labute approximate surface area is 162 Å². The van der Waals surface area contributed by atoms with E-state index in [2.05, 4.69) is 22.9 Å². The average Bonchev–Trinajstić information content (AvgIpc) is 3.07. The van der Waals surface area contributed by atoms with Crippen LogP contribution in [0.5, 0.6) is 5.75 Å². The monoisotopic (exact) mass is 368 g/mol. The highest BCUT2D eigenvalue weighted by molar-refractivity contribution is 6.18. The molecule has 0 bridgehead atoms. The summed E-state index contributed by atoms with van der Waals surface area (Å²) < 4.78 is 0. The highest BCUT2D eigenvalue weighted by Gasteiger charge is 2.15. The minimum atomic E-state index is -0.397. The molecule has 4 rings (SSSR count). The summed E-state index contributed by atoms with van der Waals surface area (Å²) in [6.07, 6.45) is 7.21. The number of hydrogen-bond donors (Lipinski definition) is 3. The maximum absolute atomic E-state index is 12.6. The average molecular weight is 368 g/mol. The highest BCUT2D eigenvalue weighted by atomic mass is 16.3. The zero-order valence-corrected chi connectivity index (χ0v) is 15.5. The number of aromatic nitrogens is 1. The van der Waals surface area contributed by atoms with Gasteiger partial charge in [0.2, 0.25) is 0 Å². The van der Waals surface area contributed by atoms with Crippen LogP contribution in [0.2, 0.25) is 0 Å². The van der Waals surface area contributed by atoms with Crippen LogP contribution in [0.15, 0.2) is 85.1 Å². The van der Waals surface area contributed by atoms with Crippen LogP contribution in [0.25, 0.3) is 32.6 Å². The molecule has 1 heterocycles. The number of allylic oxidation sites excluding steroid dienone is 4. The maximum Gasteiger partial charge on any atom is 0.259 e. The number of fused-ring (bicyclic) bond motifs is 5. The van der Waals surface area contributed by atoms with E-state index >= 15 is 0 Å². The van der Waals surface area contributed by atoms with Gasteiger partial charge in [-0.2, -0.15) is 0 Å². The van der Waals surface area contributed by atoms with Crippen LogP contribution in [0.3, 0.4) is 0 Å². The SMILES string of the molecule is C=C(/C=C\C=C/C)NC(=O)c1cc2ccc3c4ccccc4[nH]c3c2cc1O. The Kier molecular flexibility index (Phi) is 4.45. The number of rotatable bonds is 4. The lowest BCUT2D eigenvalue weighted by Crippen LogP contribution is -2.21. The van der Waals surface area contributed by atoms with Crippen LogP contribution in [0, 0.1) is 0 Å². The van der Waals surface area contributed by atoms with Crippen LogP contribution >= 0.6 is 0 Å². The molecule has 4 aromatic rings. The smallest absolute Gasteiger partial charge is 0.259 e. The van der Waals surface area contributed by atoms with Crippen LogP contribution in [0.1, 0.15) is 17.3 Å². The van der Waals surface area contributed by atoms with E-state index in [9.17, 15) is 9.90 Å². The molecule has 0 saturated heterocycles. The number of aromatic hydroxyl groups is 1. The zero-order chi connectivity index (χ0) is 19.7. The Morgan fingerprint density at radius 2 is 1.89 bits per heavy atom. The standard InChI is InChI=1S/C24H20N2O2/c1-3-4-5-8-15(2)25-24(28)20-13-16-11-12-18-17-9-6-7-10-21(17)26-23(18)19(16)14-22(20)27/h3-14,26-27H,2H2,1H3,(H,25,28)/b4-3-,8-5-. The van der Waals surface area contributed by atoms with Gasteiger partial charge in [0.1, 0.15) is 5.75 Å². The van der Waals surface area contributed by atoms with Gasteiger partial charge in [-0.15, -0.1) is 0 Å². The van der Waals surface area contributed by atoms with Gasteiger partial charge in [-0.1, -0.05) is 55.1 Å². The van der Waals surface area contributed by atoms with E-state index in [1.165, 1.54) is 0 Å². The summed E-state index contributed by atoms with van der Waals surface area (Å²) in [5.41, 5.74) is 2.65. The van der Waals surface area contributed by atoms with Crippen LogP contribution < -0.4 is 5.32 Å². The topological polar surface area (TPSA) is 65.1 Å². The van der Waals surface area contributed by atoms with Crippen molar-refractivity contribution in [2.24, 2.45) is 0 Å². The summed E-state index contributed by atoms with van der Waals surface area (Å²) in [6, 6.07) is 15.4. The molecule has 1 amide bonds. The molecule has 4 nitrogen and oxygen atoms in total. The second kappa shape index (κ2) is 7.08. The van der Waals surface area contributed by atoms with E-state index in [-0.39, 0.29) is 11.3 Å². The van der Waals surface area contributed by atoms with Gasteiger partial charge in [-0.25, -0.2) is 0 Å². The number of nitrogens with one attached hydrogen (secondary N) is 2. The van der Waals surface area contributed by atoms with Crippen molar-refractivity contribution in [1.82, 2.24) is 10.3 Å². The Hall–Kier alpha value is -3.79. The minimum absolute atomic E-state index is 0.0682. The third kappa shape index (κ3) is 3.05. The van der Waals surface area contributed by atoms with Crippen molar-refractivity contribution >= 4 is 38.5 Å². The molecule has 3 N–H and O–H groups in total. The fourth-order valence-corrected chi connectivity index (χ4v) is 3.40. The van der Waals surface area contributed by atoms with Crippen molar-refractivity contribution in [2.45, 2.75) is 6.92 Å². The van der Waals surface area contributed by atoms with E-state index < -0.39 is 5.91 Å². The number of benzene rings is 3. The maximum atomic E-state index is 12.6. The van der Waals surface area contributed by atoms with Crippen molar-refractivity contribution in [3.8, 4) is 5.75 Å². The first-order valence-electron chi connectivity index (χ1n) is 9.04. The predicted octanol–water partition coefficient (Wildman–Crippen LogP) is 5.56. The molecule has 0 fully saturated rings. The molecule has 0 saturated carbocycles. The largest absolute Gasteiger partial charge is 0.507 e. The van der Waals surface area contributed by atoms with E-state index in [1.54, 1.807) is 24.3 Å². The van der Waals surface area contributed by atoms with Gasteiger partial charge < -0.3 is 15.4 Å². The molecule has 28 heavy (non-hydrogen) atoms. The van der Waals surface area contributed by atoms with Crippen LogP contribution in [-0.2, 0) is 0 Å². The lowest BCUT2D eigenvalue weighted by atomic mass is 10.0. The third-order valence-electron chi connectivity index (χ3n) is 4.73. The van der Waals surface area contributed by atoms with Crippen molar-refractivity contribution < 1.29 is 9.90 Å². The number of carbonyl (C=O) groups excluding carboxylic acids is 1. The first-order chi connectivity index (χ1) is 13.6. The fraction of sp³-hybridized carbons (Fsp3) is 0.0417. The van der Waals surface area contributed by atoms with Crippen molar-refractivity contribution in [3.05, 3.63) is 90.7 Å². The van der Waals surface area contributed by atoms with Gasteiger partial charge in [-0.3, -0.25) is 4.79 Å². The lowest BCUT2D eigenvalue weighted by molar-refractivity contribution is 0.0965. The normalized spacial score (nSPS) is 11.9. The Morgan fingerprint density at radius 3 is 2.71 bits per heavy atom. The molecule has 0 atom stereocenters. The molecule has 0 aliphatic rings. The van der Waals surface area contributed by atoms with Gasteiger partial charge >= 0.3 is 0 Å². The summed E-state index contributed by atoms with van der Waals surface area (Å²) in [6.45, 7) is 5.72.